The topological polar surface area (TPSA) is 77.4 Å². The first-order valence-corrected chi connectivity index (χ1v) is 14.6. The number of ether oxygens (including phenoxy) is 1. The van der Waals surface area contributed by atoms with Crippen molar-refractivity contribution in [1.29, 1.82) is 0 Å². The van der Waals surface area contributed by atoms with Gasteiger partial charge in [0.25, 0.3) is 0 Å². The lowest BCUT2D eigenvalue weighted by molar-refractivity contribution is -0.140. The van der Waals surface area contributed by atoms with E-state index >= 15 is 0 Å². The molecule has 0 radical (unpaired) electrons. The van der Waals surface area contributed by atoms with Gasteiger partial charge in [-0.3, -0.25) is 0 Å². The minimum absolute atomic E-state index is 0.0645. The standard InChI is InChI=1S/C23H24F3N2O4PS/c1-32-21-14-17(34(4,30)31)10-11-19(21)27-12-6-7-16-13-18-20(28(16)15-23(24,25)26)8-5-9-22(18)33(2,3)29/h5,8-11,13-14,27H,12,15H2,1-4H3. The molecule has 1 N–H and O–H groups in total. The summed E-state index contributed by atoms with van der Waals surface area (Å²) >= 11 is 0. The molecule has 0 bridgehead atoms. The summed E-state index contributed by atoms with van der Waals surface area (Å²) in [6, 6.07) is 10.7. The van der Waals surface area contributed by atoms with E-state index in [4.69, 9.17) is 4.74 Å². The number of rotatable bonds is 6. The van der Waals surface area contributed by atoms with Crippen LogP contribution in [0.4, 0.5) is 18.9 Å². The first kappa shape index (κ1) is 25.7. The second kappa shape index (κ2) is 9.40. The summed E-state index contributed by atoms with van der Waals surface area (Å²) in [5.74, 6) is 5.86. The minimum atomic E-state index is -4.46. The van der Waals surface area contributed by atoms with Crippen LogP contribution in [0.15, 0.2) is 47.4 Å². The highest BCUT2D eigenvalue weighted by atomic mass is 32.2. The number of hydrogen-bond donors (Lipinski definition) is 1. The van der Waals surface area contributed by atoms with E-state index in [1.165, 1.54) is 31.4 Å². The van der Waals surface area contributed by atoms with Gasteiger partial charge in [-0.25, -0.2) is 8.42 Å². The van der Waals surface area contributed by atoms with Crippen LogP contribution in [0.5, 0.6) is 5.75 Å². The number of halogens is 3. The van der Waals surface area contributed by atoms with Gasteiger partial charge >= 0.3 is 6.18 Å². The van der Waals surface area contributed by atoms with Gasteiger partial charge in [-0.1, -0.05) is 18.1 Å². The average molecular weight is 512 g/mol. The Balaban J connectivity index is 1.95. The Bertz CT molecular complexity index is 1440. The monoisotopic (exact) mass is 512 g/mol. The van der Waals surface area contributed by atoms with E-state index in [0.717, 1.165) is 10.8 Å². The first-order chi connectivity index (χ1) is 15.7. The van der Waals surface area contributed by atoms with Gasteiger partial charge in [0, 0.05) is 23.0 Å². The summed E-state index contributed by atoms with van der Waals surface area (Å²) < 4.78 is 82.2. The smallest absolute Gasteiger partial charge is 0.406 e. The van der Waals surface area contributed by atoms with E-state index < -0.39 is 29.7 Å². The Morgan fingerprint density at radius 3 is 2.44 bits per heavy atom. The molecule has 182 valence electrons. The highest BCUT2D eigenvalue weighted by Crippen LogP contribution is 2.38. The largest absolute Gasteiger partial charge is 0.495 e. The Morgan fingerprint density at radius 1 is 1.15 bits per heavy atom. The molecule has 2 aromatic carbocycles. The van der Waals surface area contributed by atoms with Gasteiger partial charge < -0.3 is 19.2 Å². The van der Waals surface area contributed by atoms with Gasteiger partial charge in [-0.2, -0.15) is 13.2 Å². The number of benzene rings is 2. The molecular formula is C23H24F3N2O4PS. The predicted molar refractivity (Wildman–Crippen MR) is 129 cm³/mol. The summed E-state index contributed by atoms with van der Waals surface area (Å²) in [6.45, 7) is 1.98. The van der Waals surface area contributed by atoms with Crippen LogP contribution in [0.25, 0.3) is 10.9 Å². The van der Waals surface area contributed by atoms with Gasteiger partial charge in [0.05, 0.1) is 35.4 Å². The van der Waals surface area contributed by atoms with Crippen LogP contribution < -0.4 is 15.4 Å². The van der Waals surface area contributed by atoms with Gasteiger partial charge in [-0.05, 0) is 43.5 Å². The van der Waals surface area contributed by atoms with Crippen LogP contribution in [0, 0.1) is 11.8 Å². The molecule has 0 spiro atoms. The van der Waals surface area contributed by atoms with Crippen molar-refractivity contribution in [2.45, 2.75) is 17.6 Å². The molecule has 3 rings (SSSR count). The Labute approximate surface area is 196 Å². The van der Waals surface area contributed by atoms with E-state index in [0.29, 0.717) is 27.6 Å². The van der Waals surface area contributed by atoms with E-state index in [2.05, 4.69) is 17.2 Å². The summed E-state index contributed by atoms with van der Waals surface area (Å²) in [5, 5.41) is 3.97. The lowest BCUT2D eigenvalue weighted by Crippen LogP contribution is -2.18. The summed E-state index contributed by atoms with van der Waals surface area (Å²) in [4.78, 5) is 0.0950. The predicted octanol–water partition coefficient (Wildman–Crippen LogP) is 4.33. The molecular weight excluding hydrogens is 488 g/mol. The quantitative estimate of drug-likeness (QED) is 0.393. The van der Waals surface area contributed by atoms with Crippen LogP contribution in [0.3, 0.4) is 0 Å². The van der Waals surface area contributed by atoms with Crippen LogP contribution in [0.2, 0.25) is 0 Å². The minimum Gasteiger partial charge on any atom is -0.495 e. The van der Waals surface area contributed by atoms with Gasteiger partial charge in [0.2, 0.25) is 0 Å². The van der Waals surface area contributed by atoms with Crippen LogP contribution in [-0.4, -0.2) is 52.4 Å². The van der Waals surface area contributed by atoms with E-state index in [1.807, 2.05) is 0 Å². The summed E-state index contributed by atoms with van der Waals surface area (Å²) in [5.41, 5.74) is 0.948. The van der Waals surface area contributed by atoms with Crippen molar-refractivity contribution in [3.63, 3.8) is 0 Å². The van der Waals surface area contributed by atoms with Gasteiger partial charge in [-0.15, -0.1) is 0 Å². The molecule has 1 heterocycles. The Morgan fingerprint density at radius 2 is 1.85 bits per heavy atom. The van der Waals surface area contributed by atoms with Crippen LogP contribution in [0.1, 0.15) is 5.69 Å². The second-order valence-electron chi connectivity index (χ2n) is 8.08. The summed E-state index contributed by atoms with van der Waals surface area (Å²) in [6.07, 6.45) is -3.38. The highest BCUT2D eigenvalue weighted by Gasteiger charge is 2.30. The molecule has 34 heavy (non-hydrogen) atoms. The molecule has 0 fully saturated rings. The number of fused-ring (bicyclic) bond motifs is 1. The van der Waals surface area contributed by atoms with Crippen molar-refractivity contribution in [3.05, 3.63) is 48.2 Å². The molecule has 0 unspecified atom stereocenters. The van der Waals surface area contributed by atoms with E-state index in [-0.39, 0.29) is 17.1 Å². The number of nitrogens with zero attached hydrogens (tertiary/aromatic N) is 1. The number of methoxy groups -OCH3 is 1. The zero-order valence-electron chi connectivity index (χ0n) is 19.0. The van der Waals surface area contributed by atoms with Crippen LogP contribution >= 0.6 is 7.14 Å². The fourth-order valence-electron chi connectivity index (χ4n) is 3.51. The van der Waals surface area contributed by atoms with E-state index in [1.54, 1.807) is 31.5 Å². The lowest BCUT2D eigenvalue weighted by Gasteiger charge is -2.12. The Hall–Kier alpha value is -2.89. The van der Waals surface area contributed by atoms with Crippen molar-refractivity contribution in [1.82, 2.24) is 4.57 Å². The number of aromatic nitrogens is 1. The van der Waals surface area contributed by atoms with Crippen molar-refractivity contribution >= 4 is 38.9 Å². The molecule has 11 heteroatoms. The van der Waals surface area contributed by atoms with Crippen molar-refractivity contribution in [3.8, 4) is 17.6 Å². The maximum absolute atomic E-state index is 13.3. The molecule has 0 saturated carbocycles. The average Bonchev–Trinajstić information content (AvgIpc) is 3.05. The lowest BCUT2D eigenvalue weighted by atomic mass is 10.2. The third-order valence-electron chi connectivity index (χ3n) is 5.03. The van der Waals surface area contributed by atoms with Crippen molar-refractivity contribution in [2.24, 2.45) is 0 Å². The van der Waals surface area contributed by atoms with E-state index in [9.17, 15) is 26.2 Å². The van der Waals surface area contributed by atoms with Crippen LogP contribution in [-0.2, 0) is 20.9 Å². The molecule has 3 aromatic rings. The molecule has 0 aliphatic carbocycles. The van der Waals surface area contributed by atoms with Crippen molar-refractivity contribution in [2.75, 3.05) is 38.6 Å². The molecule has 1 aromatic heterocycles. The first-order valence-electron chi connectivity index (χ1n) is 10.1. The number of sulfone groups is 1. The fourth-order valence-corrected chi connectivity index (χ4v) is 5.35. The third-order valence-corrected chi connectivity index (χ3v) is 7.69. The van der Waals surface area contributed by atoms with Gasteiger partial charge in [0.15, 0.2) is 9.84 Å². The van der Waals surface area contributed by atoms with Gasteiger partial charge in [0.1, 0.15) is 19.4 Å². The SMILES string of the molecule is COc1cc(S(C)(=O)=O)ccc1NCC#Cc1cc2c(P(C)(C)=O)cccc2n1CC(F)(F)F. The number of alkyl halides is 3. The number of nitrogens with one attached hydrogen (secondary N) is 1. The Kier molecular flexibility index (Phi) is 7.11. The molecule has 0 saturated heterocycles. The molecule has 0 aliphatic rings. The van der Waals surface area contributed by atoms with Crippen molar-refractivity contribution < 1.29 is 30.9 Å². The maximum Gasteiger partial charge on any atom is 0.406 e. The molecule has 0 atom stereocenters. The molecule has 0 aliphatic heterocycles. The number of hydrogen-bond acceptors (Lipinski definition) is 5. The summed E-state index contributed by atoms with van der Waals surface area (Å²) in [7, 11) is -4.75. The highest BCUT2D eigenvalue weighted by molar-refractivity contribution is 7.90. The molecule has 6 nitrogen and oxygen atoms in total. The maximum atomic E-state index is 13.3. The molecule has 0 amide bonds. The normalized spacial score (nSPS) is 12.3. The third kappa shape index (κ3) is 5.96. The zero-order valence-corrected chi connectivity index (χ0v) is 20.7. The number of anilines is 1. The fraction of sp³-hybridized carbons (Fsp3) is 0.304. The second-order valence-corrected chi connectivity index (χ2v) is 13.3. The zero-order chi connectivity index (χ0) is 25.3.